The Morgan fingerprint density at radius 3 is 2.69 bits per heavy atom. The van der Waals surface area contributed by atoms with Crippen LogP contribution in [0.2, 0.25) is 0 Å². The number of hydrogen-bond donors (Lipinski definition) is 0. The Kier molecular flexibility index (Phi) is 4.34. The Labute approximate surface area is 104 Å². The van der Waals surface area contributed by atoms with Crippen LogP contribution in [0.4, 0.5) is 0 Å². The fourth-order valence-corrected chi connectivity index (χ4v) is 4.32. The van der Waals surface area contributed by atoms with Gasteiger partial charge in [0.15, 0.2) is 0 Å². The molecule has 0 spiro atoms. The number of thioether (sulfide) groups is 1. The maximum absolute atomic E-state index is 11.8. The summed E-state index contributed by atoms with van der Waals surface area (Å²) < 4.78 is 0. The minimum absolute atomic E-state index is 0.503. The van der Waals surface area contributed by atoms with Crippen LogP contribution < -0.4 is 0 Å². The second-order valence-electron chi connectivity index (χ2n) is 6.09. The van der Waals surface area contributed by atoms with Gasteiger partial charge in [-0.05, 0) is 48.7 Å². The molecule has 0 heterocycles. The van der Waals surface area contributed by atoms with Crippen molar-refractivity contribution in [3.8, 4) is 0 Å². The molecule has 2 saturated carbocycles. The Bertz CT molecular complexity index is 249. The van der Waals surface area contributed by atoms with Gasteiger partial charge in [0.25, 0.3) is 0 Å². The molecule has 2 bridgehead atoms. The molecule has 3 unspecified atom stereocenters. The first-order valence-corrected chi connectivity index (χ1v) is 7.90. The number of ketones is 1. The summed E-state index contributed by atoms with van der Waals surface area (Å²) in [5, 5.41) is 0. The first kappa shape index (κ1) is 12.5. The Morgan fingerprint density at radius 2 is 2.12 bits per heavy atom. The molecule has 2 heteroatoms. The van der Waals surface area contributed by atoms with Crippen LogP contribution in [0.25, 0.3) is 0 Å². The number of fused-ring (bicyclic) bond motifs is 2. The molecule has 0 radical (unpaired) electrons. The molecule has 92 valence electrons. The molecular formula is C14H24OS. The van der Waals surface area contributed by atoms with Crippen LogP contribution in [-0.2, 0) is 4.79 Å². The molecule has 0 aromatic heterocycles. The highest BCUT2D eigenvalue weighted by atomic mass is 32.2. The van der Waals surface area contributed by atoms with Crippen LogP contribution in [0.1, 0.15) is 46.0 Å². The molecule has 3 atom stereocenters. The Hall–Kier alpha value is 0.0200. The summed E-state index contributed by atoms with van der Waals surface area (Å²) in [7, 11) is 0. The lowest BCUT2D eigenvalue weighted by Crippen LogP contribution is -2.16. The van der Waals surface area contributed by atoms with Crippen LogP contribution >= 0.6 is 11.8 Å². The smallest absolute Gasteiger partial charge is 0.143 e. The lowest BCUT2D eigenvalue weighted by atomic mass is 9.85. The number of Topliss-reactive ketones (excluding diaryl/α,β-unsaturated/α-hetero) is 1. The van der Waals surface area contributed by atoms with Crippen LogP contribution in [0.5, 0.6) is 0 Å². The van der Waals surface area contributed by atoms with Gasteiger partial charge in [0.2, 0.25) is 0 Å². The van der Waals surface area contributed by atoms with Crippen LogP contribution in [0.3, 0.4) is 0 Å². The molecule has 0 aromatic rings. The van der Waals surface area contributed by atoms with Crippen molar-refractivity contribution in [2.45, 2.75) is 46.0 Å². The van der Waals surface area contributed by atoms with E-state index in [4.69, 9.17) is 0 Å². The van der Waals surface area contributed by atoms with E-state index < -0.39 is 0 Å². The van der Waals surface area contributed by atoms with Crippen molar-refractivity contribution in [2.24, 2.45) is 23.7 Å². The predicted molar refractivity (Wildman–Crippen MR) is 70.7 cm³/mol. The maximum Gasteiger partial charge on any atom is 0.143 e. The van der Waals surface area contributed by atoms with E-state index in [0.717, 1.165) is 35.7 Å². The zero-order chi connectivity index (χ0) is 11.5. The van der Waals surface area contributed by atoms with Crippen LogP contribution in [0.15, 0.2) is 0 Å². The molecule has 2 rings (SSSR count). The normalized spacial score (nSPS) is 32.6. The molecule has 0 aliphatic heterocycles. The fraction of sp³-hybridized carbons (Fsp3) is 0.929. The number of hydrogen-bond acceptors (Lipinski definition) is 2. The van der Waals surface area contributed by atoms with Crippen molar-refractivity contribution in [1.29, 1.82) is 0 Å². The number of carbonyl (C=O) groups excluding carboxylic acids is 1. The molecule has 0 saturated heterocycles. The lowest BCUT2D eigenvalue weighted by molar-refractivity contribution is -0.117. The predicted octanol–water partition coefficient (Wildman–Crippen LogP) is 3.77. The van der Waals surface area contributed by atoms with E-state index >= 15 is 0 Å². The van der Waals surface area contributed by atoms with E-state index in [9.17, 15) is 4.79 Å². The molecule has 1 nitrogen and oxygen atoms in total. The maximum atomic E-state index is 11.8. The fourth-order valence-electron chi connectivity index (χ4n) is 3.39. The van der Waals surface area contributed by atoms with Crippen LogP contribution in [-0.4, -0.2) is 17.3 Å². The second-order valence-corrected chi connectivity index (χ2v) is 7.12. The van der Waals surface area contributed by atoms with Crippen molar-refractivity contribution in [3.63, 3.8) is 0 Å². The summed E-state index contributed by atoms with van der Waals surface area (Å²) in [5.41, 5.74) is 0. The van der Waals surface area contributed by atoms with Gasteiger partial charge in [0.1, 0.15) is 5.78 Å². The Morgan fingerprint density at radius 1 is 1.31 bits per heavy atom. The van der Waals surface area contributed by atoms with Gasteiger partial charge in [-0.2, -0.15) is 11.8 Å². The van der Waals surface area contributed by atoms with Gasteiger partial charge in [-0.15, -0.1) is 0 Å². The van der Waals surface area contributed by atoms with E-state index in [0.29, 0.717) is 11.7 Å². The van der Waals surface area contributed by atoms with Gasteiger partial charge in [0.05, 0.1) is 5.75 Å². The topological polar surface area (TPSA) is 17.1 Å². The van der Waals surface area contributed by atoms with E-state index in [1.54, 1.807) is 0 Å². The minimum atomic E-state index is 0.503. The highest BCUT2D eigenvalue weighted by Gasteiger charge is 2.39. The zero-order valence-electron chi connectivity index (χ0n) is 10.6. The Balaban J connectivity index is 1.64. The third kappa shape index (κ3) is 3.26. The molecule has 0 amide bonds. The average molecular weight is 240 g/mol. The molecule has 16 heavy (non-hydrogen) atoms. The first-order chi connectivity index (χ1) is 7.65. The van der Waals surface area contributed by atoms with Crippen LogP contribution in [0, 0.1) is 23.7 Å². The standard InChI is InChI=1S/C14H24OS/c1-10(2)8-16-9-14(15)7-13-6-11-3-4-12(13)5-11/h10-13H,3-9H2,1-2H3. The number of carbonyl (C=O) groups is 1. The summed E-state index contributed by atoms with van der Waals surface area (Å²) in [6.45, 7) is 4.43. The van der Waals surface area contributed by atoms with Gasteiger partial charge < -0.3 is 0 Å². The quantitative estimate of drug-likeness (QED) is 0.703. The molecule has 2 aliphatic rings. The molecule has 2 aliphatic carbocycles. The van der Waals surface area contributed by atoms with Gasteiger partial charge in [-0.3, -0.25) is 4.79 Å². The van der Waals surface area contributed by atoms with E-state index in [2.05, 4.69) is 13.8 Å². The summed E-state index contributed by atoms with van der Waals surface area (Å²) in [6.07, 6.45) is 6.51. The highest BCUT2D eigenvalue weighted by molar-refractivity contribution is 7.99. The summed E-state index contributed by atoms with van der Waals surface area (Å²) in [6, 6.07) is 0. The monoisotopic (exact) mass is 240 g/mol. The van der Waals surface area contributed by atoms with E-state index in [-0.39, 0.29) is 0 Å². The third-order valence-corrected chi connectivity index (χ3v) is 5.52. The minimum Gasteiger partial charge on any atom is -0.299 e. The van der Waals surface area contributed by atoms with Gasteiger partial charge in [0, 0.05) is 6.42 Å². The molecule has 0 aromatic carbocycles. The summed E-state index contributed by atoms with van der Waals surface area (Å²) >= 11 is 1.82. The first-order valence-electron chi connectivity index (χ1n) is 6.74. The molecular weight excluding hydrogens is 216 g/mol. The average Bonchev–Trinajstić information content (AvgIpc) is 2.78. The van der Waals surface area contributed by atoms with E-state index in [1.807, 2.05) is 11.8 Å². The highest BCUT2D eigenvalue weighted by Crippen LogP contribution is 2.49. The van der Waals surface area contributed by atoms with Gasteiger partial charge in [-0.25, -0.2) is 0 Å². The van der Waals surface area contributed by atoms with Crippen molar-refractivity contribution in [3.05, 3.63) is 0 Å². The van der Waals surface area contributed by atoms with Gasteiger partial charge >= 0.3 is 0 Å². The molecule has 2 fully saturated rings. The van der Waals surface area contributed by atoms with Gasteiger partial charge in [-0.1, -0.05) is 20.3 Å². The number of rotatable bonds is 6. The summed E-state index contributed by atoms with van der Waals surface area (Å²) in [4.78, 5) is 11.8. The van der Waals surface area contributed by atoms with Crippen molar-refractivity contribution in [2.75, 3.05) is 11.5 Å². The second kappa shape index (κ2) is 5.57. The van der Waals surface area contributed by atoms with Crippen molar-refractivity contribution in [1.82, 2.24) is 0 Å². The van der Waals surface area contributed by atoms with Crippen molar-refractivity contribution < 1.29 is 4.79 Å². The van der Waals surface area contributed by atoms with E-state index in [1.165, 1.54) is 25.7 Å². The zero-order valence-corrected chi connectivity index (χ0v) is 11.4. The molecule has 0 N–H and O–H groups in total. The lowest BCUT2D eigenvalue weighted by Gasteiger charge is -2.20. The third-order valence-electron chi connectivity index (χ3n) is 4.09. The van der Waals surface area contributed by atoms with Crippen molar-refractivity contribution >= 4 is 17.5 Å². The SMILES string of the molecule is CC(C)CSCC(=O)CC1CC2CCC1C2. The largest absolute Gasteiger partial charge is 0.299 e. The summed E-state index contributed by atoms with van der Waals surface area (Å²) in [5.74, 6) is 5.73.